The van der Waals surface area contributed by atoms with Crippen molar-refractivity contribution >= 4 is 85.6 Å². The molecule has 57 heavy (non-hydrogen) atoms. The molecular weight excluding hydrogens is 707 g/mol. The third-order valence-corrected chi connectivity index (χ3v) is 13.2. The number of nitrogens with zero attached hydrogens (tertiary/aromatic N) is 1. The van der Waals surface area contributed by atoms with Gasteiger partial charge in [0, 0.05) is 31.6 Å². The highest BCUT2D eigenvalue weighted by Crippen LogP contribution is 2.48. The van der Waals surface area contributed by atoms with Gasteiger partial charge in [0.05, 0.1) is 21.4 Å². The van der Waals surface area contributed by atoms with E-state index in [0.717, 1.165) is 6.42 Å². The third-order valence-electron chi connectivity index (χ3n) is 12.0. The number of fused-ring (bicyclic) bond motifs is 11. The highest BCUT2D eigenvalue weighted by Gasteiger charge is 2.23. The maximum absolute atomic E-state index is 2.55. The summed E-state index contributed by atoms with van der Waals surface area (Å²) < 4.78 is 5.18. The van der Waals surface area contributed by atoms with E-state index in [2.05, 4.69) is 205 Å². The third kappa shape index (κ3) is 5.08. The SMILES string of the molecule is c1ccc(-c2ccc(Cc3cc4ccccc4c4cc(-c5cc6c7ccccc7sc6c6c5c5ccccc5n6-c5cccc6ccccc56)ccc34)cc2)cc1. The summed E-state index contributed by atoms with van der Waals surface area (Å²) in [7, 11) is 0. The van der Waals surface area contributed by atoms with Gasteiger partial charge in [-0.25, -0.2) is 0 Å². The van der Waals surface area contributed by atoms with Crippen LogP contribution in [0, 0.1) is 0 Å². The van der Waals surface area contributed by atoms with Crippen molar-refractivity contribution in [1.29, 1.82) is 0 Å². The molecule has 0 unspecified atom stereocenters. The van der Waals surface area contributed by atoms with E-state index < -0.39 is 0 Å². The quantitative estimate of drug-likeness (QED) is 0.155. The van der Waals surface area contributed by atoms with Crippen LogP contribution in [0.2, 0.25) is 0 Å². The molecule has 0 atom stereocenters. The predicted molar refractivity (Wildman–Crippen MR) is 246 cm³/mol. The normalized spacial score (nSPS) is 11.9. The summed E-state index contributed by atoms with van der Waals surface area (Å²) in [6, 6.07) is 74.2. The molecule has 0 aliphatic carbocycles. The summed E-state index contributed by atoms with van der Waals surface area (Å²) in [5.41, 5.74) is 11.4. The largest absolute Gasteiger partial charge is 0.307 e. The van der Waals surface area contributed by atoms with Crippen molar-refractivity contribution in [2.75, 3.05) is 0 Å². The van der Waals surface area contributed by atoms with Gasteiger partial charge in [0.2, 0.25) is 0 Å². The Morgan fingerprint density at radius 2 is 1.07 bits per heavy atom. The van der Waals surface area contributed by atoms with Crippen molar-refractivity contribution in [1.82, 2.24) is 4.57 Å². The Kier molecular flexibility index (Phi) is 7.23. The van der Waals surface area contributed by atoms with E-state index in [9.17, 15) is 0 Å². The highest BCUT2D eigenvalue weighted by molar-refractivity contribution is 7.26. The molecule has 0 radical (unpaired) electrons. The average molecular weight is 742 g/mol. The Morgan fingerprint density at radius 1 is 0.404 bits per heavy atom. The molecule has 0 aliphatic rings. The van der Waals surface area contributed by atoms with Crippen molar-refractivity contribution in [3.63, 3.8) is 0 Å². The second-order valence-electron chi connectivity index (χ2n) is 15.2. The monoisotopic (exact) mass is 741 g/mol. The van der Waals surface area contributed by atoms with E-state index in [1.807, 2.05) is 11.3 Å². The first-order valence-electron chi connectivity index (χ1n) is 19.7. The molecule has 2 aromatic heterocycles. The Bertz CT molecular complexity index is 3530. The van der Waals surface area contributed by atoms with E-state index in [-0.39, 0.29) is 0 Å². The zero-order chi connectivity index (χ0) is 37.5. The predicted octanol–water partition coefficient (Wildman–Crippen LogP) is 15.5. The molecular formula is C55H35NS. The van der Waals surface area contributed by atoms with Crippen LogP contribution in [0.4, 0.5) is 0 Å². The number of hydrogen-bond acceptors (Lipinski definition) is 1. The second-order valence-corrected chi connectivity index (χ2v) is 16.3. The molecule has 12 aromatic rings. The first kappa shape index (κ1) is 32.3. The maximum atomic E-state index is 2.55. The molecule has 12 rings (SSSR count). The smallest absolute Gasteiger partial charge is 0.0726 e. The number of rotatable bonds is 5. The van der Waals surface area contributed by atoms with Crippen molar-refractivity contribution in [2.24, 2.45) is 0 Å². The van der Waals surface area contributed by atoms with Gasteiger partial charge in [0.25, 0.3) is 0 Å². The Morgan fingerprint density at radius 3 is 1.93 bits per heavy atom. The lowest BCUT2D eigenvalue weighted by Gasteiger charge is -2.15. The van der Waals surface area contributed by atoms with Gasteiger partial charge in [-0.05, 0) is 97.1 Å². The lowest BCUT2D eigenvalue weighted by Crippen LogP contribution is -1.95. The molecule has 0 saturated carbocycles. The lowest BCUT2D eigenvalue weighted by atomic mass is 9.90. The summed E-state index contributed by atoms with van der Waals surface area (Å²) in [4.78, 5) is 0. The Balaban J connectivity index is 1.12. The van der Waals surface area contributed by atoms with Gasteiger partial charge in [0.1, 0.15) is 0 Å². The van der Waals surface area contributed by atoms with Crippen molar-refractivity contribution in [2.45, 2.75) is 6.42 Å². The Labute approximate surface area is 334 Å². The zero-order valence-corrected chi connectivity index (χ0v) is 31.9. The van der Waals surface area contributed by atoms with Gasteiger partial charge in [-0.3, -0.25) is 0 Å². The van der Waals surface area contributed by atoms with Crippen LogP contribution in [-0.4, -0.2) is 4.57 Å². The second kappa shape index (κ2) is 12.8. The molecule has 0 saturated heterocycles. The molecule has 2 heteroatoms. The molecule has 2 heterocycles. The van der Waals surface area contributed by atoms with Gasteiger partial charge >= 0.3 is 0 Å². The van der Waals surface area contributed by atoms with Gasteiger partial charge in [-0.1, -0.05) is 170 Å². The molecule has 0 bridgehead atoms. The standard InChI is InChI=1S/C55H35NS/c1-2-13-36(14-3-1)37-27-25-35(26-28-37)31-41-32-39-16-5-6-18-42(39)48-33-40(29-30-43(41)48)47-34-49-45-20-9-11-24-52(45)57-55(49)54-53(47)46-21-8-10-22-51(46)56(54)50-23-12-17-38-15-4-7-19-44(38)50/h1-30,32-34H,31H2. The summed E-state index contributed by atoms with van der Waals surface area (Å²) in [5, 5.41) is 12.8. The van der Waals surface area contributed by atoms with E-state index in [1.54, 1.807) is 0 Å². The van der Waals surface area contributed by atoms with Crippen LogP contribution < -0.4 is 0 Å². The maximum Gasteiger partial charge on any atom is 0.0726 e. The number of benzene rings is 10. The zero-order valence-electron chi connectivity index (χ0n) is 31.1. The van der Waals surface area contributed by atoms with Crippen LogP contribution in [0.25, 0.3) is 102 Å². The summed E-state index contributed by atoms with van der Waals surface area (Å²) in [6.45, 7) is 0. The van der Waals surface area contributed by atoms with Gasteiger partial charge in [-0.15, -0.1) is 11.3 Å². The number of thiophene rings is 1. The van der Waals surface area contributed by atoms with Gasteiger partial charge < -0.3 is 4.57 Å². The van der Waals surface area contributed by atoms with Gasteiger partial charge in [-0.2, -0.15) is 0 Å². The Hall–Kier alpha value is -7.00. The van der Waals surface area contributed by atoms with E-state index in [1.165, 1.54) is 113 Å². The van der Waals surface area contributed by atoms with Gasteiger partial charge in [0.15, 0.2) is 0 Å². The van der Waals surface area contributed by atoms with Crippen LogP contribution in [0.1, 0.15) is 11.1 Å². The summed E-state index contributed by atoms with van der Waals surface area (Å²) in [5.74, 6) is 0. The van der Waals surface area contributed by atoms with Crippen LogP contribution in [0.3, 0.4) is 0 Å². The van der Waals surface area contributed by atoms with E-state index >= 15 is 0 Å². The summed E-state index contributed by atoms with van der Waals surface area (Å²) >= 11 is 1.91. The fourth-order valence-corrected chi connectivity index (χ4v) is 10.6. The van der Waals surface area contributed by atoms with Crippen LogP contribution in [-0.2, 0) is 6.42 Å². The fraction of sp³-hybridized carbons (Fsp3) is 0.0182. The fourth-order valence-electron chi connectivity index (χ4n) is 9.37. The minimum absolute atomic E-state index is 0.866. The number of hydrogen-bond donors (Lipinski definition) is 0. The van der Waals surface area contributed by atoms with E-state index in [0.29, 0.717) is 0 Å². The number of aromatic nitrogens is 1. The van der Waals surface area contributed by atoms with Crippen LogP contribution in [0.5, 0.6) is 0 Å². The highest BCUT2D eigenvalue weighted by atomic mass is 32.1. The molecule has 10 aromatic carbocycles. The van der Waals surface area contributed by atoms with Crippen molar-refractivity contribution < 1.29 is 0 Å². The van der Waals surface area contributed by atoms with Crippen molar-refractivity contribution in [3.8, 4) is 27.9 Å². The molecule has 0 amide bonds. The first-order chi connectivity index (χ1) is 28.3. The average Bonchev–Trinajstić information content (AvgIpc) is 3.83. The molecule has 0 aliphatic heterocycles. The van der Waals surface area contributed by atoms with Crippen LogP contribution in [0.15, 0.2) is 200 Å². The lowest BCUT2D eigenvalue weighted by molar-refractivity contribution is 1.21. The topological polar surface area (TPSA) is 4.93 Å². The minimum Gasteiger partial charge on any atom is -0.307 e. The molecule has 0 N–H and O–H groups in total. The van der Waals surface area contributed by atoms with Crippen molar-refractivity contribution in [3.05, 3.63) is 211 Å². The number of para-hydroxylation sites is 1. The molecule has 0 fully saturated rings. The minimum atomic E-state index is 0.866. The summed E-state index contributed by atoms with van der Waals surface area (Å²) in [6.07, 6.45) is 0.866. The first-order valence-corrected chi connectivity index (χ1v) is 20.5. The van der Waals surface area contributed by atoms with E-state index in [4.69, 9.17) is 0 Å². The van der Waals surface area contributed by atoms with Crippen LogP contribution >= 0.6 is 11.3 Å². The molecule has 0 spiro atoms. The molecule has 1 nitrogen and oxygen atoms in total. The molecule has 266 valence electrons.